The Morgan fingerprint density at radius 3 is 2.76 bits per heavy atom. The predicted molar refractivity (Wildman–Crippen MR) is 68.7 cm³/mol. The van der Waals surface area contributed by atoms with Gasteiger partial charge in [0.15, 0.2) is 5.78 Å². The van der Waals surface area contributed by atoms with Gasteiger partial charge in [-0.1, -0.05) is 18.6 Å². The minimum absolute atomic E-state index is 0.0962. The van der Waals surface area contributed by atoms with E-state index in [1.165, 1.54) is 6.07 Å². The van der Waals surface area contributed by atoms with Crippen LogP contribution < -0.4 is 0 Å². The number of benzene rings is 1. The molecule has 0 aliphatic carbocycles. The molecule has 1 rings (SSSR count). The lowest BCUT2D eigenvalue weighted by Crippen LogP contribution is -2.02. The van der Waals surface area contributed by atoms with E-state index in [0.717, 1.165) is 31.2 Å². The van der Waals surface area contributed by atoms with E-state index in [-0.39, 0.29) is 11.3 Å². The van der Waals surface area contributed by atoms with E-state index >= 15 is 0 Å². The molecule has 0 radical (unpaired) electrons. The fraction of sp³-hybridized carbons (Fsp3) is 0.400. The second-order valence-electron chi connectivity index (χ2n) is 4.29. The third-order valence-electron chi connectivity index (χ3n) is 2.74. The normalized spacial score (nSPS) is 10.2. The zero-order chi connectivity index (χ0) is 12.7. The Morgan fingerprint density at radius 2 is 2.12 bits per heavy atom. The van der Waals surface area contributed by atoms with E-state index in [1.807, 2.05) is 13.0 Å². The van der Waals surface area contributed by atoms with Crippen molar-refractivity contribution in [1.82, 2.24) is 0 Å². The smallest absolute Gasteiger partial charge is 0.165 e. The Labute approximate surface area is 102 Å². The number of carbonyl (C=O) groups excluding carboxylic acids is 1. The number of aryl methyl sites for hydroxylation is 1. The van der Waals surface area contributed by atoms with E-state index in [0.29, 0.717) is 6.42 Å². The maximum absolute atomic E-state index is 13.5. The number of hydrogen-bond acceptors (Lipinski definition) is 1. The second kappa shape index (κ2) is 7.00. The average Bonchev–Trinajstić information content (AvgIpc) is 2.28. The number of hydrogen-bond donors (Lipinski definition) is 0. The highest BCUT2D eigenvalue weighted by Gasteiger charge is 2.10. The number of unbranched alkanes of at least 4 members (excludes halogenated alkanes) is 3. The number of carbonyl (C=O) groups is 1. The fourth-order valence-corrected chi connectivity index (χ4v) is 1.73. The molecule has 0 saturated heterocycles. The van der Waals surface area contributed by atoms with Crippen LogP contribution in [0, 0.1) is 12.7 Å². The molecule has 92 valence electrons. The molecule has 1 aromatic carbocycles. The maximum atomic E-state index is 13.5. The standard InChI is InChI=1S/C15H19FO/c1-3-4-5-6-7-8-15(17)13-10-9-12(2)11-14(13)16/h3,9-11H,1,4-8H2,2H3. The van der Waals surface area contributed by atoms with Crippen molar-refractivity contribution < 1.29 is 9.18 Å². The summed E-state index contributed by atoms with van der Waals surface area (Å²) in [5.41, 5.74) is 1.06. The summed E-state index contributed by atoms with van der Waals surface area (Å²) < 4.78 is 13.5. The van der Waals surface area contributed by atoms with Gasteiger partial charge in [0.2, 0.25) is 0 Å². The Bertz CT molecular complexity index is 396. The average molecular weight is 234 g/mol. The molecule has 0 N–H and O–H groups in total. The van der Waals surface area contributed by atoms with Crippen LogP contribution in [0.5, 0.6) is 0 Å². The van der Waals surface area contributed by atoms with Gasteiger partial charge >= 0.3 is 0 Å². The minimum atomic E-state index is -0.402. The van der Waals surface area contributed by atoms with Crippen LogP contribution in [0.3, 0.4) is 0 Å². The molecule has 0 amide bonds. The molecule has 0 aromatic heterocycles. The van der Waals surface area contributed by atoms with Crippen molar-refractivity contribution in [1.29, 1.82) is 0 Å². The van der Waals surface area contributed by atoms with Crippen LogP contribution in [0.2, 0.25) is 0 Å². The zero-order valence-electron chi connectivity index (χ0n) is 10.3. The first kappa shape index (κ1) is 13.6. The lowest BCUT2D eigenvalue weighted by Gasteiger charge is -2.03. The molecule has 0 bridgehead atoms. The summed E-state index contributed by atoms with van der Waals surface area (Å²) in [4.78, 5) is 11.7. The highest BCUT2D eigenvalue weighted by atomic mass is 19.1. The summed E-state index contributed by atoms with van der Waals surface area (Å²) in [6.07, 6.45) is 6.14. The number of allylic oxidation sites excluding steroid dienone is 1. The SMILES string of the molecule is C=CCCCCCC(=O)c1ccc(C)cc1F. The van der Waals surface area contributed by atoms with Crippen molar-refractivity contribution in [2.75, 3.05) is 0 Å². The molecule has 0 aliphatic heterocycles. The molecule has 1 aromatic rings. The number of Topliss-reactive ketones (excluding diaryl/α,β-unsaturated/α-hetero) is 1. The maximum Gasteiger partial charge on any atom is 0.165 e. The van der Waals surface area contributed by atoms with Crippen molar-refractivity contribution in [3.63, 3.8) is 0 Å². The number of rotatable bonds is 7. The Balaban J connectivity index is 2.44. The first-order valence-electron chi connectivity index (χ1n) is 6.05. The quantitative estimate of drug-likeness (QED) is 0.387. The van der Waals surface area contributed by atoms with Gasteiger partial charge in [0.25, 0.3) is 0 Å². The number of halogens is 1. The molecule has 0 aliphatic rings. The third-order valence-corrected chi connectivity index (χ3v) is 2.74. The zero-order valence-corrected chi connectivity index (χ0v) is 10.3. The van der Waals surface area contributed by atoms with E-state index in [2.05, 4.69) is 6.58 Å². The van der Waals surface area contributed by atoms with Gasteiger partial charge in [-0.15, -0.1) is 6.58 Å². The van der Waals surface area contributed by atoms with Crippen LogP contribution in [0.15, 0.2) is 30.9 Å². The lowest BCUT2D eigenvalue weighted by molar-refractivity contribution is 0.0975. The monoisotopic (exact) mass is 234 g/mol. The fourth-order valence-electron chi connectivity index (χ4n) is 1.73. The van der Waals surface area contributed by atoms with Gasteiger partial charge in [0, 0.05) is 6.42 Å². The van der Waals surface area contributed by atoms with Gasteiger partial charge in [0.05, 0.1) is 5.56 Å². The first-order chi connectivity index (χ1) is 8.15. The molecule has 0 atom stereocenters. The molecule has 0 fully saturated rings. The molecule has 2 heteroatoms. The molecular formula is C15H19FO. The summed E-state index contributed by atoms with van der Waals surface area (Å²) in [6, 6.07) is 4.76. The first-order valence-corrected chi connectivity index (χ1v) is 6.05. The van der Waals surface area contributed by atoms with Crippen molar-refractivity contribution in [2.45, 2.75) is 39.0 Å². The van der Waals surface area contributed by atoms with Crippen LogP contribution in [0.1, 0.15) is 48.0 Å². The lowest BCUT2D eigenvalue weighted by atomic mass is 10.0. The van der Waals surface area contributed by atoms with E-state index in [1.54, 1.807) is 12.1 Å². The summed E-state index contributed by atoms with van der Waals surface area (Å²) in [7, 11) is 0. The van der Waals surface area contributed by atoms with Crippen LogP contribution in [-0.4, -0.2) is 5.78 Å². The molecule has 17 heavy (non-hydrogen) atoms. The molecule has 1 nitrogen and oxygen atoms in total. The van der Waals surface area contributed by atoms with E-state index in [4.69, 9.17) is 0 Å². The minimum Gasteiger partial charge on any atom is -0.294 e. The van der Waals surface area contributed by atoms with Crippen LogP contribution in [0.4, 0.5) is 4.39 Å². The van der Waals surface area contributed by atoms with E-state index < -0.39 is 5.82 Å². The third kappa shape index (κ3) is 4.51. The second-order valence-corrected chi connectivity index (χ2v) is 4.29. The Hall–Kier alpha value is -1.44. The molecule has 0 unspecified atom stereocenters. The molecule has 0 saturated carbocycles. The Kier molecular flexibility index (Phi) is 5.61. The Morgan fingerprint density at radius 1 is 1.35 bits per heavy atom. The van der Waals surface area contributed by atoms with Crippen molar-refractivity contribution in [3.05, 3.63) is 47.8 Å². The van der Waals surface area contributed by atoms with Crippen molar-refractivity contribution in [2.24, 2.45) is 0 Å². The molecule has 0 spiro atoms. The van der Waals surface area contributed by atoms with Crippen LogP contribution in [-0.2, 0) is 0 Å². The van der Waals surface area contributed by atoms with Gasteiger partial charge in [-0.2, -0.15) is 0 Å². The van der Waals surface area contributed by atoms with Gasteiger partial charge in [-0.25, -0.2) is 4.39 Å². The highest BCUT2D eigenvalue weighted by molar-refractivity contribution is 5.96. The van der Waals surface area contributed by atoms with Gasteiger partial charge in [-0.05, 0) is 43.9 Å². The van der Waals surface area contributed by atoms with Crippen molar-refractivity contribution in [3.8, 4) is 0 Å². The summed E-state index contributed by atoms with van der Waals surface area (Å²) in [6.45, 7) is 5.46. The van der Waals surface area contributed by atoms with Gasteiger partial charge in [0.1, 0.15) is 5.82 Å². The predicted octanol–water partition coefficient (Wildman–Crippen LogP) is 4.45. The molecule has 0 heterocycles. The van der Waals surface area contributed by atoms with E-state index in [9.17, 15) is 9.18 Å². The largest absolute Gasteiger partial charge is 0.294 e. The van der Waals surface area contributed by atoms with Crippen LogP contribution >= 0.6 is 0 Å². The summed E-state index contributed by atoms with van der Waals surface area (Å²) >= 11 is 0. The topological polar surface area (TPSA) is 17.1 Å². The van der Waals surface area contributed by atoms with Crippen LogP contribution in [0.25, 0.3) is 0 Å². The van der Waals surface area contributed by atoms with Gasteiger partial charge < -0.3 is 0 Å². The highest BCUT2D eigenvalue weighted by Crippen LogP contribution is 2.14. The van der Waals surface area contributed by atoms with Gasteiger partial charge in [-0.3, -0.25) is 4.79 Å². The molecular weight excluding hydrogens is 215 g/mol. The van der Waals surface area contributed by atoms with Crippen molar-refractivity contribution >= 4 is 5.78 Å². The number of ketones is 1. The summed E-state index contributed by atoms with van der Waals surface area (Å²) in [5, 5.41) is 0. The summed E-state index contributed by atoms with van der Waals surface area (Å²) in [5.74, 6) is -0.498.